The van der Waals surface area contributed by atoms with Crippen molar-refractivity contribution in [2.24, 2.45) is 9.98 Å². The van der Waals surface area contributed by atoms with Crippen molar-refractivity contribution < 1.29 is 0 Å². The summed E-state index contributed by atoms with van der Waals surface area (Å²) < 4.78 is 0. The van der Waals surface area contributed by atoms with Crippen molar-refractivity contribution in [3.63, 3.8) is 0 Å². The monoisotopic (exact) mass is 444 g/mol. The van der Waals surface area contributed by atoms with Crippen molar-refractivity contribution in [1.82, 2.24) is 5.32 Å². The molecule has 2 rings (SSSR count). The number of benzene rings is 2. The maximum absolute atomic E-state index is 4.91. The summed E-state index contributed by atoms with van der Waals surface area (Å²) in [6.45, 7) is 19.8. The minimum atomic E-state index is 0.334. The highest BCUT2D eigenvalue weighted by Crippen LogP contribution is 2.25. The molecule has 0 heterocycles. The van der Waals surface area contributed by atoms with E-state index in [1.807, 2.05) is 27.0 Å². The van der Waals surface area contributed by atoms with Crippen LogP contribution in [0.25, 0.3) is 5.70 Å². The second-order valence-corrected chi connectivity index (χ2v) is 8.59. The van der Waals surface area contributed by atoms with Crippen LogP contribution in [0, 0.1) is 20.8 Å². The minimum absolute atomic E-state index is 0.334. The lowest BCUT2D eigenvalue weighted by Gasteiger charge is -2.17. The smallest absolute Gasteiger partial charge is 0.151 e. The number of hydrogen-bond donors (Lipinski definition) is 2. The van der Waals surface area contributed by atoms with Gasteiger partial charge in [-0.25, -0.2) is 4.99 Å². The van der Waals surface area contributed by atoms with Gasteiger partial charge in [0.2, 0.25) is 0 Å². The molecule has 0 aromatic heterocycles. The van der Waals surface area contributed by atoms with Crippen molar-refractivity contribution in [3.05, 3.63) is 82.6 Å². The molecule has 2 aromatic carbocycles. The first-order valence-electron chi connectivity index (χ1n) is 11.8. The van der Waals surface area contributed by atoms with Gasteiger partial charge in [0.15, 0.2) is 5.84 Å². The number of nitrogens with one attached hydrogen (secondary N) is 2. The average molecular weight is 445 g/mol. The molecule has 1 atom stereocenters. The van der Waals surface area contributed by atoms with Crippen molar-refractivity contribution in [3.8, 4) is 0 Å². The highest BCUT2D eigenvalue weighted by atomic mass is 15.0. The van der Waals surface area contributed by atoms with Gasteiger partial charge in [0.05, 0.1) is 5.71 Å². The zero-order valence-electron chi connectivity index (χ0n) is 21.6. The number of rotatable bonds is 9. The summed E-state index contributed by atoms with van der Waals surface area (Å²) in [7, 11) is 1.90. The molecule has 33 heavy (non-hydrogen) atoms. The van der Waals surface area contributed by atoms with Gasteiger partial charge in [0, 0.05) is 42.7 Å². The van der Waals surface area contributed by atoms with E-state index in [2.05, 4.69) is 87.2 Å². The van der Waals surface area contributed by atoms with E-state index in [0.29, 0.717) is 12.5 Å². The lowest BCUT2D eigenvalue weighted by atomic mass is 9.91. The highest BCUT2D eigenvalue weighted by Gasteiger charge is 2.13. The molecule has 2 N–H and O–H groups in total. The van der Waals surface area contributed by atoms with Crippen LogP contribution in [0.2, 0.25) is 0 Å². The largest absolute Gasteiger partial charge is 0.388 e. The van der Waals surface area contributed by atoms with Gasteiger partial charge in [-0.1, -0.05) is 44.7 Å². The standard InChI is InChI=1S/C29H40N4/c1-10-16-31-29(33-26-13-15-28(23(7)30-9)25(11-2)17-26)24(8)32-18-20(4)27-14-12-19(3)21(5)22(27)6/h10,12-17,20,30H,7,11,18H2,1-6,8-9H3,(H,31,33)/b16-10-,32-24+. The SMILES string of the molecule is C=C(NC)c1ccc(NC(=N/C=C\C)/C(C)=N/CC(C)c2ccc(C)c(C)c2C)cc1CC. The Hall–Kier alpha value is -3.14. The molecule has 4 heteroatoms. The predicted molar refractivity (Wildman–Crippen MR) is 147 cm³/mol. The summed E-state index contributed by atoms with van der Waals surface area (Å²) >= 11 is 0. The highest BCUT2D eigenvalue weighted by molar-refractivity contribution is 6.44. The van der Waals surface area contributed by atoms with E-state index in [4.69, 9.17) is 4.99 Å². The van der Waals surface area contributed by atoms with Crippen LogP contribution in [0.5, 0.6) is 0 Å². The van der Waals surface area contributed by atoms with E-state index in [9.17, 15) is 0 Å². The van der Waals surface area contributed by atoms with Crippen LogP contribution in [-0.4, -0.2) is 25.1 Å². The molecule has 0 saturated carbocycles. The average Bonchev–Trinajstić information content (AvgIpc) is 2.82. The Morgan fingerprint density at radius 1 is 1.12 bits per heavy atom. The summed E-state index contributed by atoms with van der Waals surface area (Å²) in [5, 5.41) is 6.63. The number of aliphatic imine (C=N–C) groups is 2. The van der Waals surface area contributed by atoms with Gasteiger partial charge in [-0.05, 0) is 81.0 Å². The molecule has 0 radical (unpaired) electrons. The number of nitrogens with zero attached hydrogens (tertiary/aromatic N) is 2. The molecule has 0 spiro atoms. The van der Waals surface area contributed by atoms with Crippen LogP contribution in [0.3, 0.4) is 0 Å². The van der Waals surface area contributed by atoms with Crippen LogP contribution < -0.4 is 10.6 Å². The Kier molecular flexibility index (Phi) is 9.65. The Morgan fingerprint density at radius 3 is 2.48 bits per heavy atom. The van der Waals surface area contributed by atoms with Crippen molar-refractivity contribution in [2.45, 2.75) is 60.8 Å². The lowest BCUT2D eigenvalue weighted by Crippen LogP contribution is -2.22. The first-order valence-corrected chi connectivity index (χ1v) is 11.8. The van der Waals surface area contributed by atoms with Crippen LogP contribution in [0.4, 0.5) is 5.69 Å². The molecule has 0 saturated heterocycles. The van der Waals surface area contributed by atoms with Gasteiger partial charge >= 0.3 is 0 Å². The molecule has 2 aromatic rings. The Bertz CT molecular complexity index is 1070. The lowest BCUT2D eigenvalue weighted by molar-refractivity contribution is 0.767. The molecule has 176 valence electrons. The van der Waals surface area contributed by atoms with E-state index in [0.717, 1.165) is 34.9 Å². The number of anilines is 1. The van der Waals surface area contributed by atoms with Crippen molar-refractivity contribution >= 4 is 22.9 Å². The third-order valence-corrected chi connectivity index (χ3v) is 6.30. The molecule has 0 fully saturated rings. The molecule has 1 unspecified atom stereocenters. The van der Waals surface area contributed by atoms with Crippen LogP contribution in [0.1, 0.15) is 67.0 Å². The fourth-order valence-electron chi connectivity index (χ4n) is 3.85. The molecule has 0 aliphatic heterocycles. The Labute approximate surface area is 200 Å². The second kappa shape index (κ2) is 12.2. The van der Waals surface area contributed by atoms with E-state index in [-0.39, 0.29) is 0 Å². The number of allylic oxidation sites excluding steroid dienone is 1. The number of hydrogen-bond acceptors (Lipinski definition) is 3. The number of amidine groups is 1. The van der Waals surface area contributed by atoms with Crippen molar-refractivity contribution in [1.29, 1.82) is 0 Å². The number of aryl methyl sites for hydroxylation is 2. The van der Waals surface area contributed by atoms with E-state index in [1.54, 1.807) is 6.20 Å². The zero-order valence-corrected chi connectivity index (χ0v) is 21.6. The summed E-state index contributed by atoms with van der Waals surface area (Å²) in [4.78, 5) is 9.53. The molecule has 0 amide bonds. The van der Waals surface area contributed by atoms with Crippen molar-refractivity contribution in [2.75, 3.05) is 18.9 Å². The maximum Gasteiger partial charge on any atom is 0.151 e. The molecule has 4 nitrogen and oxygen atoms in total. The summed E-state index contributed by atoms with van der Waals surface area (Å²) in [5.74, 6) is 1.10. The van der Waals surface area contributed by atoms with E-state index < -0.39 is 0 Å². The summed E-state index contributed by atoms with van der Waals surface area (Å²) in [6.07, 6.45) is 4.65. The fourth-order valence-corrected chi connectivity index (χ4v) is 3.85. The topological polar surface area (TPSA) is 48.8 Å². The van der Waals surface area contributed by atoms with Crippen LogP contribution in [0.15, 0.2) is 59.2 Å². The summed E-state index contributed by atoms with van der Waals surface area (Å²) in [6, 6.07) is 10.8. The van der Waals surface area contributed by atoms with Crippen LogP contribution >= 0.6 is 0 Å². The zero-order chi connectivity index (χ0) is 24.5. The van der Waals surface area contributed by atoms with Gasteiger partial charge in [-0.3, -0.25) is 4.99 Å². The molecule has 0 bridgehead atoms. The maximum atomic E-state index is 4.91. The van der Waals surface area contributed by atoms with E-state index in [1.165, 1.54) is 27.8 Å². The second-order valence-electron chi connectivity index (χ2n) is 8.59. The van der Waals surface area contributed by atoms with Gasteiger partial charge in [0.1, 0.15) is 0 Å². The Balaban J connectivity index is 2.27. The van der Waals surface area contributed by atoms with Gasteiger partial charge < -0.3 is 10.6 Å². The Morgan fingerprint density at radius 2 is 1.85 bits per heavy atom. The van der Waals surface area contributed by atoms with Crippen LogP contribution in [-0.2, 0) is 6.42 Å². The van der Waals surface area contributed by atoms with E-state index >= 15 is 0 Å². The third-order valence-electron chi connectivity index (χ3n) is 6.30. The summed E-state index contributed by atoms with van der Waals surface area (Å²) in [5.41, 5.74) is 10.6. The first kappa shape index (κ1) is 26.1. The fraction of sp³-hybridized carbons (Fsp3) is 0.379. The normalized spacial score (nSPS) is 13.3. The first-order chi connectivity index (χ1) is 15.7. The quantitative estimate of drug-likeness (QED) is 0.324. The molecular formula is C29H40N4. The molecule has 0 aliphatic rings. The van der Waals surface area contributed by atoms with Gasteiger partial charge in [-0.2, -0.15) is 0 Å². The van der Waals surface area contributed by atoms with Gasteiger partial charge in [0.25, 0.3) is 0 Å². The molecule has 0 aliphatic carbocycles. The third kappa shape index (κ3) is 6.67. The predicted octanol–water partition coefficient (Wildman–Crippen LogP) is 6.97. The van der Waals surface area contributed by atoms with Gasteiger partial charge in [-0.15, -0.1) is 0 Å². The molecular weight excluding hydrogens is 404 g/mol. The minimum Gasteiger partial charge on any atom is -0.388 e.